The Hall–Kier alpha value is 0.187. The molecule has 12 heavy (non-hydrogen) atoms. The van der Waals surface area contributed by atoms with Gasteiger partial charge in [-0.1, -0.05) is 13.3 Å². The summed E-state index contributed by atoms with van der Waals surface area (Å²) >= 11 is 0. The van der Waals surface area contributed by atoms with Gasteiger partial charge in [0.15, 0.2) is 0 Å². The second-order valence-corrected chi connectivity index (χ2v) is 2.88. The van der Waals surface area contributed by atoms with Crippen LogP contribution in [0.15, 0.2) is 0 Å². The van der Waals surface area contributed by atoms with Crippen molar-refractivity contribution in [2.45, 2.75) is 19.8 Å². The molecular formula is C8H15LiNO2-. The molecule has 1 heterocycles. The van der Waals surface area contributed by atoms with E-state index in [4.69, 9.17) is 0 Å². The second kappa shape index (κ2) is 7.82. The molecule has 1 saturated heterocycles. The minimum absolute atomic E-state index is 0. The van der Waals surface area contributed by atoms with Crippen molar-refractivity contribution in [3.63, 3.8) is 0 Å². The topological polar surface area (TPSA) is 50.3 Å². The van der Waals surface area contributed by atoms with Gasteiger partial charge in [-0.05, 0) is 26.1 Å². The van der Waals surface area contributed by atoms with E-state index in [-0.39, 0.29) is 30.3 Å². The van der Waals surface area contributed by atoms with Crippen LogP contribution in [0.2, 0.25) is 0 Å². The second-order valence-electron chi connectivity index (χ2n) is 2.88. The number of hydrogen-bond donors (Lipinski definition) is 0. The monoisotopic (exact) mass is 164 g/mol. The van der Waals surface area contributed by atoms with Gasteiger partial charge in [0.2, 0.25) is 0 Å². The summed E-state index contributed by atoms with van der Waals surface area (Å²) in [6.07, 6.45) is 4.29. The fourth-order valence-corrected chi connectivity index (χ4v) is 1.13. The van der Waals surface area contributed by atoms with Crippen LogP contribution in [0.1, 0.15) is 19.8 Å². The van der Waals surface area contributed by atoms with Crippen LogP contribution in [0.5, 0.6) is 0 Å². The summed E-state index contributed by atoms with van der Waals surface area (Å²) in [4.78, 5) is 12.6. The van der Waals surface area contributed by atoms with Gasteiger partial charge < -0.3 is 15.2 Å². The van der Waals surface area contributed by atoms with Crippen LogP contribution < -0.4 is 18.9 Å². The largest absolute Gasteiger partial charge is 1.00 e. The fourth-order valence-electron chi connectivity index (χ4n) is 1.13. The van der Waals surface area contributed by atoms with Crippen LogP contribution in [-0.4, -0.2) is 36.3 Å². The van der Waals surface area contributed by atoms with E-state index in [0.717, 1.165) is 13.0 Å². The average Bonchev–Trinajstić information content (AvgIpc) is 1.87. The third-order valence-corrected chi connectivity index (χ3v) is 2.09. The number of carbonyl (C=O) groups excluding carboxylic acids is 1. The minimum Gasteiger partial charge on any atom is -0.870 e. The predicted molar refractivity (Wildman–Crippen MR) is 42.5 cm³/mol. The zero-order chi connectivity index (χ0) is 7.40. The van der Waals surface area contributed by atoms with Crippen LogP contribution in [0.25, 0.3) is 0 Å². The molecule has 0 aromatic carbocycles. The molecule has 0 bridgehead atoms. The zero-order valence-electron chi connectivity index (χ0n) is 7.92. The number of nitrogens with zero attached hydrogens (tertiary/aromatic N) is 1. The van der Waals surface area contributed by atoms with Crippen LogP contribution in [0, 0.1) is 5.92 Å². The first kappa shape index (κ1) is 14.7. The first-order chi connectivity index (χ1) is 4.86. The maximum absolute atomic E-state index is 10.3. The smallest absolute Gasteiger partial charge is 0.870 e. The molecule has 3 nitrogen and oxygen atoms in total. The third-order valence-electron chi connectivity index (χ3n) is 2.09. The van der Waals surface area contributed by atoms with Crippen molar-refractivity contribution in [2.75, 3.05) is 19.6 Å². The van der Waals surface area contributed by atoms with Crippen molar-refractivity contribution >= 4 is 6.29 Å². The van der Waals surface area contributed by atoms with E-state index in [1.54, 1.807) is 0 Å². The molecule has 1 atom stereocenters. The van der Waals surface area contributed by atoms with Crippen LogP contribution in [0.3, 0.4) is 0 Å². The van der Waals surface area contributed by atoms with Crippen molar-refractivity contribution in [3.8, 4) is 0 Å². The normalized spacial score (nSPS) is 18.1. The van der Waals surface area contributed by atoms with E-state index in [9.17, 15) is 4.79 Å². The maximum Gasteiger partial charge on any atom is 1.00 e. The molecule has 1 N–H and O–H groups in total. The van der Waals surface area contributed by atoms with Crippen molar-refractivity contribution in [1.82, 2.24) is 4.90 Å². The maximum atomic E-state index is 10.3. The van der Waals surface area contributed by atoms with Crippen LogP contribution >= 0.6 is 0 Å². The molecule has 0 spiro atoms. The van der Waals surface area contributed by atoms with Crippen LogP contribution in [0.4, 0.5) is 0 Å². The first-order valence-electron chi connectivity index (χ1n) is 3.97. The molecule has 0 amide bonds. The Morgan fingerprint density at radius 1 is 1.50 bits per heavy atom. The average molecular weight is 164 g/mol. The molecule has 1 fully saturated rings. The first-order valence-corrected chi connectivity index (χ1v) is 3.97. The third kappa shape index (κ3) is 4.27. The molecular weight excluding hydrogens is 149 g/mol. The molecule has 0 aromatic rings. The molecule has 0 radical (unpaired) electrons. The molecule has 0 saturated carbocycles. The molecule has 1 unspecified atom stereocenters. The molecule has 1 aliphatic heterocycles. The summed E-state index contributed by atoms with van der Waals surface area (Å²) in [7, 11) is 0. The van der Waals surface area contributed by atoms with Gasteiger partial charge in [0.25, 0.3) is 0 Å². The Morgan fingerprint density at radius 2 is 2.08 bits per heavy atom. The Kier molecular flexibility index (Phi) is 9.57. The Morgan fingerprint density at radius 3 is 2.33 bits per heavy atom. The molecule has 4 heteroatoms. The summed E-state index contributed by atoms with van der Waals surface area (Å²) < 4.78 is 0. The van der Waals surface area contributed by atoms with Crippen molar-refractivity contribution < 1.29 is 29.1 Å². The van der Waals surface area contributed by atoms with Crippen LogP contribution in [-0.2, 0) is 4.79 Å². The van der Waals surface area contributed by atoms with E-state index in [1.807, 2.05) is 6.92 Å². The van der Waals surface area contributed by atoms with Gasteiger partial charge in [-0.3, -0.25) is 6.29 Å². The molecule has 1 aliphatic rings. The number of rotatable bonds is 4. The minimum atomic E-state index is 0. The van der Waals surface area contributed by atoms with Gasteiger partial charge in [-0.25, -0.2) is 0 Å². The Labute approximate surface area is 86.0 Å². The van der Waals surface area contributed by atoms with E-state index in [0.29, 0.717) is 0 Å². The molecule has 0 aliphatic carbocycles. The SMILES string of the molecule is CCC([C-]=O)CN1CCC1.[Li+].[OH-]. The Balaban J connectivity index is 0. The molecule has 0 aromatic heterocycles. The van der Waals surface area contributed by atoms with E-state index < -0.39 is 0 Å². The van der Waals surface area contributed by atoms with Gasteiger partial charge in [0.1, 0.15) is 0 Å². The van der Waals surface area contributed by atoms with Gasteiger partial charge >= 0.3 is 18.9 Å². The van der Waals surface area contributed by atoms with Gasteiger partial charge in [0.05, 0.1) is 0 Å². The zero-order valence-corrected chi connectivity index (χ0v) is 7.92. The number of likely N-dealkylation sites (tertiary alicyclic amines) is 1. The molecule has 66 valence electrons. The van der Waals surface area contributed by atoms with E-state index in [1.165, 1.54) is 19.5 Å². The molecule has 1 rings (SSSR count). The van der Waals surface area contributed by atoms with E-state index in [2.05, 4.69) is 11.2 Å². The van der Waals surface area contributed by atoms with Crippen molar-refractivity contribution in [2.24, 2.45) is 5.92 Å². The summed E-state index contributed by atoms with van der Waals surface area (Å²) in [6, 6.07) is 0. The van der Waals surface area contributed by atoms with E-state index >= 15 is 0 Å². The summed E-state index contributed by atoms with van der Waals surface area (Å²) in [6.45, 7) is 5.33. The number of hydrogen-bond acceptors (Lipinski definition) is 3. The standard InChI is InChI=1S/C8H14NO.Li.H2O/c1-2-8(7-10)6-9-4-3-5-9;;/h8H,2-6H2,1H3;;1H2/q-1;+1;/p-1. The fraction of sp³-hybridized carbons (Fsp3) is 0.875. The summed E-state index contributed by atoms with van der Waals surface area (Å²) in [5.41, 5.74) is 0. The summed E-state index contributed by atoms with van der Waals surface area (Å²) in [5.74, 6) is 0.153. The predicted octanol–water partition coefficient (Wildman–Crippen LogP) is -2.34. The van der Waals surface area contributed by atoms with Gasteiger partial charge in [0, 0.05) is 0 Å². The quantitative estimate of drug-likeness (QED) is 0.345. The summed E-state index contributed by atoms with van der Waals surface area (Å²) in [5, 5.41) is 0. The van der Waals surface area contributed by atoms with Gasteiger partial charge in [-0.15, -0.1) is 5.92 Å². The van der Waals surface area contributed by atoms with Crippen molar-refractivity contribution in [3.05, 3.63) is 0 Å². The van der Waals surface area contributed by atoms with Gasteiger partial charge in [-0.2, -0.15) is 0 Å². The Bertz CT molecular complexity index is 118. The van der Waals surface area contributed by atoms with Crippen molar-refractivity contribution in [1.29, 1.82) is 0 Å².